The lowest BCUT2D eigenvalue weighted by atomic mass is 10.0. The molecule has 0 fully saturated rings. The Hall–Kier alpha value is 0.310. The SMILES string of the molecule is CCCNC(CCC(C)C)CSC(C)CC. The summed E-state index contributed by atoms with van der Waals surface area (Å²) in [5, 5.41) is 4.49. The van der Waals surface area contributed by atoms with Gasteiger partial charge in [0.1, 0.15) is 0 Å². The van der Waals surface area contributed by atoms with Crippen LogP contribution in [0.25, 0.3) is 0 Å². The van der Waals surface area contributed by atoms with Crippen LogP contribution in [0.3, 0.4) is 0 Å². The van der Waals surface area contributed by atoms with Crippen LogP contribution in [0, 0.1) is 5.92 Å². The van der Waals surface area contributed by atoms with Crippen molar-refractivity contribution >= 4 is 11.8 Å². The molecule has 2 unspecified atom stereocenters. The smallest absolute Gasteiger partial charge is 0.0158 e. The van der Waals surface area contributed by atoms with Gasteiger partial charge in [-0.2, -0.15) is 11.8 Å². The molecule has 0 aliphatic carbocycles. The molecule has 0 heterocycles. The number of nitrogens with one attached hydrogen (secondary N) is 1. The molecule has 0 saturated carbocycles. The Morgan fingerprint density at radius 1 is 1.06 bits per heavy atom. The predicted molar refractivity (Wildman–Crippen MR) is 78.4 cm³/mol. The molecule has 0 amide bonds. The van der Waals surface area contributed by atoms with Gasteiger partial charge in [0, 0.05) is 17.0 Å². The Labute approximate surface area is 107 Å². The molecule has 0 spiro atoms. The van der Waals surface area contributed by atoms with Gasteiger partial charge in [-0.1, -0.05) is 34.6 Å². The third-order valence-electron chi connectivity index (χ3n) is 2.93. The average molecular weight is 245 g/mol. The molecule has 0 aromatic carbocycles. The highest BCUT2D eigenvalue weighted by Crippen LogP contribution is 2.17. The number of hydrogen-bond acceptors (Lipinski definition) is 2. The van der Waals surface area contributed by atoms with Crippen molar-refractivity contribution in [3.8, 4) is 0 Å². The van der Waals surface area contributed by atoms with Gasteiger partial charge in [0.15, 0.2) is 0 Å². The fourth-order valence-corrected chi connectivity index (χ4v) is 2.61. The molecule has 0 bridgehead atoms. The first-order chi connectivity index (χ1) is 7.60. The van der Waals surface area contributed by atoms with Gasteiger partial charge < -0.3 is 5.32 Å². The molecule has 2 atom stereocenters. The molecule has 1 N–H and O–H groups in total. The van der Waals surface area contributed by atoms with Gasteiger partial charge >= 0.3 is 0 Å². The molecule has 0 rings (SSSR count). The lowest BCUT2D eigenvalue weighted by molar-refractivity contribution is 0.456. The zero-order chi connectivity index (χ0) is 12.4. The highest BCUT2D eigenvalue weighted by Gasteiger charge is 2.10. The van der Waals surface area contributed by atoms with E-state index in [2.05, 4.69) is 51.7 Å². The molecule has 16 heavy (non-hydrogen) atoms. The van der Waals surface area contributed by atoms with Gasteiger partial charge in [-0.15, -0.1) is 0 Å². The minimum atomic E-state index is 0.723. The highest BCUT2D eigenvalue weighted by molar-refractivity contribution is 7.99. The minimum Gasteiger partial charge on any atom is -0.313 e. The van der Waals surface area contributed by atoms with Crippen LogP contribution in [-0.4, -0.2) is 23.6 Å². The van der Waals surface area contributed by atoms with Crippen LogP contribution >= 0.6 is 11.8 Å². The first-order valence-corrected chi connectivity index (χ1v) is 7.99. The summed E-state index contributed by atoms with van der Waals surface area (Å²) < 4.78 is 0. The minimum absolute atomic E-state index is 0.723. The van der Waals surface area contributed by atoms with Crippen LogP contribution in [0.2, 0.25) is 0 Å². The van der Waals surface area contributed by atoms with E-state index in [0.717, 1.165) is 17.2 Å². The van der Waals surface area contributed by atoms with Crippen molar-refractivity contribution in [3.63, 3.8) is 0 Å². The van der Waals surface area contributed by atoms with Gasteiger partial charge in [0.05, 0.1) is 0 Å². The van der Waals surface area contributed by atoms with Crippen LogP contribution in [0.15, 0.2) is 0 Å². The molecular formula is C14H31NS. The second-order valence-corrected chi connectivity index (χ2v) is 6.65. The van der Waals surface area contributed by atoms with E-state index >= 15 is 0 Å². The second-order valence-electron chi connectivity index (χ2n) is 5.17. The molecule has 1 nitrogen and oxygen atoms in total. The summed E-state index contributed by atoms with van der Waals surface area (Å²) in [5.41, 5.74) is 0. The molecule has 0 aromatic heterocycles. The van der Waals surface area contributed by atoms with Crippen molar-refractivity contribution < 1.29 is 0 Å². The molecule has 2 heteroatoms. The van der Waals surface area contributed by atoms with E-state index in [-0.39, 0.29) is 0 Å². The molecule has 0 saturated heterocycles. The quantitative estimate of drug-likeness (QED) is 0.615. The first kappa shape index (κ1) is 16.3. The van der Waals surface area contributed by atoms with Crippen LogP contribution in [-0.2, 0) is 0 Å². The first-order valence-electron chi connectivity index (χ1n) is 6.95. The van der Waals surface area contributed by atoms with E-state index < -0.39 is 0 Å². The van der Waals surface area contributed by atoms with Gasteiger partial charge in [-0.25, -0.2) is 0 Å². The summed E-state index contributed by atoms with van der Waals surface area (Å²) in [6.45, 7) is 12.7. The van der Waals surface area contributed by atoms with E-state index in [0.29, 0.717) is 0 Å². The molecule has 0 radical (unpaired) electrons. The van der Waals surface area contributed by atoms with Gasteiger partial charge in [0.25, 0.3) is 0 Å². The van der Waals surface area contributed by atoms with E-state index in [1.807, 2.05) is 0 Å². The van der Waals surface area contributed by atoms with Crippen molar-refractivity contribution in [2.45, 2.75) is 71.6 Å². The Kier molecular flexibility index (Phi) is 10.7. The normalized spacial score (nSPS) is 15.4. The molecule has 0 aliphatic heterocycles. The van der Waals surface area contributed by atoms with E-state index in [4.69, 9.17) is 0 Å². The lowest BCUT2D eigenvalue weighted by Gasteiger charge is -2.20. The zero-order valence-corrected chi connectivity index (χ0v) is 12.7. The maximum absolute atomic E-state index is 3.68. The summed E-state index contributed by atoms with van der Waals surface area (Å²) in [4.78, 5) is 0. The Balaban J connectivity index is 3.80. The van der Waals surface area contributed by atoms with Gasteiger partial charge in [0.2, 0.25) is 0 Å². The van der Waals surface area contributed by atoms with Crippen LogP contribution in [0.1, 0.15) is 60.3 Å². The number of rotatable bonds is 10. The largest absolute Gasteiger partial charge is 0.313 e. The predicted octanol–water partition coefficient (Wildman–Crippen LogP) is 4.32. The summed E-state index contributed by atoms with van der Waals surface area (Å²) in [5.74, 6) is 2.11. The summed E-state index contributed by atoms with van der Waals surface area (Å²) >= 11 is 2.12. The number of thioether (sulfide) groups is 1. The highest BCUT2D eigenvalue weighted by atomic mass is 32.2. The Morgan fingerprint density at radius 2 is 1.75 bits per heavy atom. The van der Waals surface area contributed by atoms with E-state index in [9.17, 15) is 0 Å². The summed E-state index contributed by atoms with van der Waals surface area (Å²) in [6.07, 6.45) is 5.21. The Bertz CT molecular complexity index is 148. The third-order valence-corrected chi connectivity index (χ3v) is 4.43. The van der Waals surface area contributed by atoms with Crippen molar-refractivity contribution in [1.82, 2.24) is 5.32 Å². The van der Waals surface area contributed by atoms with Crippen LogP contribution < -0.4 is 5.32 Å². The topological polar surface area (TPSA) is 12.0 Å². The third kappa shape index (κ3) is 9.53. The van der Waals surface area contributed by atoms with E-state index in [1.54, 1.807) is 0 Å². The second kappa shape index (κ2) is 10.5. The van der Waals surface area contributed by atoms with Crippen LogP contribution in [0.5, 0.6) is 0 Å². The van der Waals surface area contributed by atoms with Crippen molar-refractivity contribution in [2.75, 3.05) is 12.3 Å². The molecular weight excluding hydrogens is 214 g/mol. The lowest BCUT2D eigenvalue weighted by Crippen LogP contribution is -2.32. The monoisotopic (exact) mass is 245 g/mol. The maximum Gasteiger partial charge on any atom is 0.0158 e. The van der Waals surface area contributed by atoms with Crippen molar-refractivity contribution in [2.24, 2.45) is 5.92 Å². The van der Waals surface area contributed by atoms with E-state index in [1.165, 1.54) is 38.0 Å². The maximum atomic E-state index is 3.68. The molecule has 98 valence electrons. The zero-order valence-electron chi connectivity index (χ0n) is 11.9. The van der Waals surface area contributed by atoms with Crippen molar-refractivity contribution in [3.05, 3.63) is 0 Å². The van der Waals surface area contributed by atoms with Crippen molar-refractivity contribution in [1.29, 1.82) is 0 Å². The molecule has 0 aromatic rings. The number of hydrogen-bond donors (Lipinski definition) is 1. The van der Waals surface area contributed by atoms with Gasteiger partial charge in [-0.3, -0.25) is 0 Å². The standard InChI is InChI=1S/C14H31NS/c1-6-10-15-14(9-8-12(3)4)11-16-13(5)7-2/h12-15H,6-11H2,1-5H3. The molecule has 0 aliphatic rings. The summed E-state index contributed by atoms with van der Waals surface area (Å²) in [6, 6.07) is 0.723. The van der Waals surface area contributed by atoms with Gasteiger partial charge in [-0.05, 0) is 38.1 Å². The van der Waals surface area contributed by atoms with Crippen LogP contribution in [0.4, 0.5) is 0 Å². The summed E-state index contributed by atoms with van der Waals surface area (Å²) in [7, 11) is 0. The fourth-order valence-electron chi connectivity index (χ4n) is 1.53. The fraction of sp³-hybridized carbons (Fsp3) is 1.00. The average Bonchev–Trinajstić information content (AvgIpc) is 2.27. The Morgan fingerprint density at radius 3 is 2.25 bits per heavy atom.